The molecule has 0 bridgehead atoms. The highest BCUT2D eigenvalue weighted by molar-refractivity contribution is 6.11. The van der Waals surface area contributed by atoms with Crippen molar-refractivity contribution in [1.29, 1.82) is 0 Å². The summed E-state index contributed by atoms with van der Waals surface area (Å²) in [6, 6.07) is 14.9. The second-order valence-corrected chi connectivity index (χ2v) is 7.90. The van der Waals surface area contributed by atoms with Crippen molar-refractivity contribution in [3.8, 4) is 0 Å². The van der Waals surface area contributed by atoms with Gasteiger partial charge in [-0.15, -0.1) is 12.4 Å². The molecule has 0 radical (unpaired) electrons. The van der Waals surface area contributed by atoms with E-state index in [1.165, 1.54) is 7.11 Å². The Kier molecular flexibility index (Phi) is 7.73. The highest BCUT2D eigenvalue weighted by atomic mass is 35.5. The number of anilines is 1. The SMILES string of the molecule is COC(=O)c1[nH]c2ccc(C)cc2c1NC(=O)CN1CCN(C(=O)c2ccccc2)CC1.Cl. The molecule has 33 heavy (non-hydrogen) atoms. The Morgan fingerprint density at radius 3 is 2.39 bits per heavy atom. The van der Waals surface area contributed by atoms with E-state index in [0.29, 0.717) is 37.4 Å². The number of rotatable bonds is 5. The zero-order chi connectivity index (χ0) is 22.7. The molecule has 8 nitrogen and oxygen atoms in total. The van der Waals surface area contributed by atoms with Crippen molar-refractivity contribution in [1.82, 2.24) is 14.8 Å². The van der Waals surface area contributed by atoms with Gasteiger partial charge in [-0.1, -0.05) is 29.8 Å². The molecule has 0 unspecified atom stereocenters. The number of amides is 2. The third kappa shape index (κ3) is 5.35. The summed E-state index contributed by atoms with van der Waals surface area (Å²) in [5.41, 5.74) is 3.09. The second-order valence-electron chi connectivity index (χ2n) is 7.90. The van der Waals surface area contributed by atoms with E-state index in [9.17, 15) is 14.4 Å². The van der Waals surface area contributed by atoms with Gasteiger partial charge in [0.1, 0.15) is 5.69 Å². The maximum absolute atomic E-state index is 12.8. The molecule has 1 fully saturated rings. The number of benzene rings is 2. The van der Waals surface area contributed by atoms with Crippen LogP contribution in [0.25, 0.3) is 10.9 Å². The number of aryl methyl sites for hydroxylation is 1. The number of hydrogen-bond acceptors (Lipinski definition) is 5. The number of aromatic amines is 1. The molecule has 1 saturated heterocycles. The van der Waals surface area contributed by atoms with Crippen LogP contribution in [0.4, 0.5) is 5.69 Å². The van der Waals surface area contributed by atoms with Gasteiger partial charge in [0.05, 0.1) is 19.3 Å². The number of aromatic nitrogens is 1. The van der Waals surface area contributed by atoms with Gasteiger partial charge in [-0.05, 0) is 31.2 Å². The Hall–Kier alpha value is -3.36. The van der Waals surface area contributed by atoms with Crippen molar-refractivity contribution in [3.05, 3.63) is 65.4 Å². The summed E-state index contributed by atoms with van der Waals surface area (Å²) >= 11 is 0. The van der Waals surface area contributed by atoms with Crippen LogP contribution in [-0.4, -0.2) is 72.4 Å². The van der Waals surface area contributed by atoms with Crippen LogP contribution in [0.1, 0.15) is 26.4 Å². The molecule has 174 valence electrons. The summed E-state index contributed by atoms with van der Waals surface area (Å²) in [5, 5.41) is 3.65. The van der Waals surface area contributed by atoms with Crippen LogP contribution in [0, 0.1) is 6.92 Å². The van der Waals surface area contributed by atoms with Crippen LogP contribution in [-0.2, 0) is 9.53 Å². The minimum atomic E-state index is -0.540. The largest absolute Gasteiger partial charge is 0.464 e. The minimum absolute atomic E-state index is 0. The van der Waals surface area contributed by atoms with Crippen molar-refractivity contribution in [2.45, 2.75) is 6.92 Å². The molecule has 3 aromatic rings. The van der Waals surface area contributed by atoms with Crippen molar-refractivity contribution in [3.63, 3.8) is 0 Å². The maximum Gasteiger partial charge on any atom is 0.356 e. The van der Waals surface area contributed by atoms with Crippen molar-refractivity contribution in [2.75, 3.05) is 45.2 Å². The summed E-state index contributed by atoms with van der Waals surface area (Å²) in [7, 11) is 1.31. The van der Waals surface area contributed by atoms with Gasteiger partial charge in [-0.3, -0.25) is 14.5 Å². The van der Waals surface area contributed by atoms with Crippen LogP contribution < -0.4 is 5.32 Å². The fraction of sp³-hybridized carbons (Fsp3) is 0.292. The highest BCUT2D eigenvalue weighted by Gasteiger charge is 2.25. The van der Waals surface area contributed by atoms with Gasteiger partial charge in [0, 0.05) is 42.6 Å². The molecule has 0 spiro atoms. The van der Waals surface area contributed by atoms with E-state index in [-0.39, 0.29) is 36.5 Å². The molecule has 0 saturated carbocycles. The number of nitrogens with zero attached hydrogens (tertiary/aromatic N) is 2. The van der Waals surface area contributed by atoms with E-state index in [0.717, 1.165) is 16.5 Å². The predicted molar refractivity (Wildman–Crippen MR) is 129 cm³/mol. The Balaban J connectivity index is 0.00000306. The molecule has 1 aromatic heterocycles. The molecule has 2 N–H and O–H groups in total. The standard InChI is InChI=1S/C24H26N4O4.ClH/c1-16-8-9-19-18(14-16)21(22(25-19)24(31)32-2)26-20(29)15-27-10-12-28(13-11-27)23(30)17-6-4-3-5-7-17;/h3-9,14,25H,10-13,15H2,1-2H3,(H,26,29);1H. The molecule has 2 heterocycles. The molecule has 0 atom stereocenters. The first-order valence-corrected chi connectivity index (χ1v) is 10.5. The van der Waals surface area contributed by atoms with Gasteiger partial charge in [-0.2, -0.15) is 0 Å². The van der Waals surface area contributed by atoms with Crippen molar-refractivity contribution in [2.24, 2.45) is 0 Å². The van der Waals surface area contributed by atoms with E-state index in [1.54, 1.807) is 0 Å². The molecule has 0 aliphatic carbocycles. The average Bonchev–Trinajstić information content (AvgIpc) is 3.16. The topological polar surface area (TPSA) is 94.7 Å². The smallest absolute Gasteiger partial charge is 0.356 e. The summed E-state index contributed by atoms with van der Waals surface area (Å²) in [5.74, 6) is -0.755. The van der Waals surface area contributed by atoms with Crippen LogP contribution in [0.3, 0.4) is 0 Å². The molecule has 9 heteroatoms. The number of nitrogens with one attached hydrogen (secondary N) is 2. The number of ether oxygens (including phenoxy) is 1. The van der Waals surface area contributed by atoms with Gasteiger partial charge in [0.15, 0.2) is 0 Å². The summed E-state index contributed by atoms with van der Waals surface area (Å²) in [4.78, 5) is 44.5. The Morgan fingerprint density at radius 1 is 1.03 bits per heavy atom. The quantitative estimate of drug-likeness (QED) is 0.559. The number of hydrogen-bond donors (Lipinski definition) is 2. The van der Waals surface area contributed by atoms with Crippen molar-refractivity contribution >= 4 is 46.8 Å². The second kappa shape index (κ2) is 10.5. The van der Waals surface area contributed by atoms with E-state index in [4.69, 9.17) is 4.74 Å². The first-order valence-electron chi connectivity index (χ1n) is 10.5. The number of fused-ring (bicyclic) bond motifs is 1. The minimum Gasteiger partial charge on any atom is -0.464 e. The fourth-order valence-electron chi connectivity index (χ4n) is 3.95. The average molecular weight is 471 g/mol. The molecule has 2 aromatic carbocycles. The van der Waals surface area contributed by atoms with Gasteiger partial charge in [-0.25, -0.2) is 4.79 Å². The molecular weight excluding hydrogens is 444 g/mol. The van der Waals surface area contributed by atoms with Crippen molar-refractivity contribution < 1.29 is 19.1 Å². The van der Waals surface area contributed by atoms with Crippen LogP contribution >= 0.6 is 12.4 Å². The van der Waals surface area contributed by atoms with Gasteiger partial charge in [0.2, 0.25) is 5.91 Å². The number of H-pyrrole nitrogens is 1. The molecule has 1 aliphatic rings. The molecule has 1 aliphatic heterocycles. The van der Waals surface area contributed by atoms with E-state index in [2.05, 4.69) is 10.3 Å². The Morgan fingerprint density at radius 2 is 1.73 bits per heavy atom. The monoisotopic (exact) mass is 470 g/mol. The summed E-state index contributed by atoms with van der Waals surface area (Å²) < 4.78 is 4.87. The molecular formula is C24H27ClN4O4. The summed E-state index contributed by atoms with van der Waals surface area (Å²) in [6.07, 6.45) is 0. The first kappa shape index (κ1) is 24.3. The maximum atomic E-state index is 12.8. The predicted octanol–water partition coefficient (Wildman–Crippen LogP) is 3.08. The highest BCUT2D eigenvalue weighted by Crippen LogP contribution is 2.29. The number of halogens is 1. The molecule has 2 amide bonds. The first-order chi connectivity index (χ1) is 15.5. The van der Waals surface area contributed by atoms with E-state index in [1.807, 2.05) is 65.3 Å². The van der Waals surface area contributed by atoms with Gasteiger partial charge in [0.25, 0.3) is 5.91 Å². The number of esters is 1. The normalized spacial score (nSPS) is 13.9. The number of piperazine rings is 1. The van der Waals surface area contributed by atoms with Crippen LogP contribution in [0.2, 0.25) is 0 Å². The Labute approximate surface area is 198 Å². The lowest BCUT2D eigenvalue weighted by molar-refractivity contribution is -0.117. The molecule has 4 rings (SSSR count). The lowest BCUT2D eigenvalue weighted by Gasteiger charge is -2.34. The number of carbonyl (C=O) groups is 3. The third-order valence-corrected chi connectivity index (χ3v) is 5.66. The van der Waals surface area contributed by atoms with Crippen LogP contribution in [0.5, 0.6) is 0 Å². The number of methoxy groups -OCH3 is 1. The fourth-order valence-corrected chi connectivity index (χ4v) is 3.95. The van der Waals surface area contributed by atoms with Gasteiger partial charge >= 0.3 is 5.97 Å². The van der Waals surface area contributed by atoms with Gasteiger partial charge < -0.3 is 19.9 Å². The number of carbonyl (C=O) groups excluding carboxylic acids is 3. The third-order valence-electron chi connectivity index (χ3n) is 5.66. The lowest BCUT2D eigenvalue weighted by atomic mass is 10.1. The zero-order valence-corrected chi connectivity index (χ0v) is 19.4. The lowest BCUT2D eigenvalue weighted by Crippen LogP contribution is -2.50. The van der Waals surface area contributed by atoms with E-state index < -0.39 is 5.97 Å². The Bertz CT molecular complexity index is 1150. The summed E-state index contributed by atoms with van der Waals surface area (Å²) in [6.45, 7) is 4.44. The zero-order valence-electron chi connectivity index (χ0n) is 18.6. The van der Waals surface area contributed by atoms with E-state index >= 15 is 0 Å². The van der Waals surface area contributed by atoms with Crippen LogP contribution in [0.15, 0.2) is 48.5 Å².